The number of carbonyl (C=O) groups is 1. The first-order chi connectivity index (χ1) is 12.3. The molecule has 4 rings (SSSR count). The third-order valence-corrected chi connectivity index (χ3v) is 5.56. The van der Waals surface area contributed by atoms with Gasteiger partial charge in [0.05, 0.1) is 5.69 Å². The van der Waals surface area contributed by atoms with E-state index in [0.29, 0.717) is 11.8 Å². The van der Waals surface area contributed by atoms with E-state index in [1.807, 2.05) is 4.90 Å². The largest absolute Gasteiger partial charge is 0.381 e. The molecule has 0 atom stereocenters. The molecule has 2 aliphatic rings. The van der Waals surface area contributed by atoms with Crippen LogP contribution in [-0.2, 0) is 9.53 Å². The van der Waals surface area contributed by atoms with Crippen LogP contribution in [0.15, 0.2) is 25.2 Å². The number of rotatable bonds is 3. The van der Waals surface area contributed by atoms with E-state index in [9.17, 15) is 4.79 Å². The highest BCUT2D eigenvalue weighted by Crippen LogP contribution is 2.37. The number of aromatic nitrogens is 3. The number of nitrogens with one attached hydrogen (secondary N) is 1. The maximum Gasteiger partial charge on any atom is 0.245 e. The summed E-state index contributed by atoms with van der Waals surface area (Å²) in [6.45, 7) is 6.75. The van der Waals surface area contributed by atoms with Crippen LogP contribution >= 0.6 is 0 Å². The zero-order chi connectivity index (χ0) is 17.2. The molecule has 2 saturated heterocycles. The van der Waals surface area contributed by atoms with Gasteiger partial charge in [-0.1, -0.05) is 6.58 Å². The van der Waals surface area contributed by atoms with Gasteiger partial charge in [0, 0.05) is 43.8 Å². The van der Waals surface area contributed by atoms with Crippen molar-refractivity contribution in [2.45, 2.75) is 37.5 Å². The van der Waals surface area contributed by atoms with E-state index in [1.165, 1.54) is 17.0 Å². The zero-order valence-corrected chi connectivity index (χ0v) is 14.4. The van der Waals surface area contributed by atoms with Crippen molar-refractivity contribution in [2.24, 2.45) is 0 Å². The molecule has 2 fully saturated rings. The Kier molecular flexibility index (Phi) is 4.53. The average molecular weight is 340 g/mol. The van der Waals surface area contributed by atoms with Crippen LogP contribution in [0.25, 0.3) is 11.0 Å². The molecule has 2 aromatic heterocycles. The van der Waals surface area contributed by atoms with Crippen molar-refractivity contribution >= 4 is 16.9 Å². The van der Waals surface area contributed by atoms with Crippen molar-refractivity contribution in [3.63, 3.8) is 0 Å². The summed E-state index contributed by atoms with van der Waals surface area (Å²) in [5.74, 6) is 0.902. The lowest BCUT2D eigenvalue weighted by Crippen LogP contribution is -2.37. The Hall–Kier alpha value is -2.21. The molecule has 2 aromatic rings. The Balaban J connectivity index is 1.62. The number of ether oxygens (including phenoxy) is 1. The lowest BCUT2D eigenvalue weighted by molar-refractivity contribution is -0.127. The second kappa shape index (κ2) is 6.96. The smallest absolute Gasteiger partial charge is 0.245 e. The van der Waals surface area contributed by atoms with Crippen LogP contribution in [0.2, 0.25) is 0 Å². The number of fused-ring (bicyclic) bond motifs is 1. The first-order valence-electron chi connectivity index (χ1n) is 9.09. The lowest BCUT2D eigenvalue weighted by atomic mass is 9.86. The summed E-state index contributed by atoms with van der Waals surface area (Å²) < 4.78 is 5.51. The molecular weight excluding hydrogens is 316 g/mol. The number of carbonyl (C=O) groups excluding carboxylic acids is 1. The van der Waals surface area contributed by atoms with Gasteiger partial charge < -0.3 is 14.6 Å². The minimum absolute atomic E-state index is 0.0239. The summed E-state index contributed by atoms with van der Waals surface area (Å²) in [6.07, 6.45) is 9.13. The summed E-state index contributed by atoms with van der Waals surface area (Å²) in [4.78, 5) is 26.1. The van der Waals surface area contributed by atoms with Gasteiger partial charge in [-0.25, -0.2) is 9.97 Å². The highest BCUT2D eigenvalue weighted by molar-refractivity contribution is 5.87. The van der Waals surface area contributed by atoms with E-state index in [2.05, 4.69) is 27.7 Å². The predicted molar refractivity (Wildman–Crippen MR) is 95.4 cm³/mol. The summed E-state index contributed by atoms with van der Waals surface area (Å²) in [6, 6.07) is 0. The number of likely N-dealkylation sites (tertiary alicyclic amines) is 1. The highest BCUT2D eigenvalue weighted by Gasteiger charge is 2.28. The fourth-order valence-electron chi connectivity index (χ4n) is 4.15. The van der Waals surface area contributed by atoms with E-state index in [0.717, 1.165) is 63.3 Å². The number of amides is 1. The van der Waals surface area contributed by atoms with Crippen LogP contribution < -0.4 is 0 Å². The Labute approximate surface area is 147 Å². The van der Waals surface area contributed by atoms with Gasteiger partial charge in [0.1, 0.15) is 12.0 Å². The molecule has 0 unspecified atom stereocenters. The SMILES string of the molecule is C=CC(=O)N1CCC(c2ncnc3[nH]cc(C4CCOCC4)c23)CC1. The Morgan fingerprint density at radius 3 is 2.68 bits per heavy atom. The van der Waals surface area contributed by atoms with Crippen LogP contribution in [0.5, 0.6) is 0 Å². The molecule has 0 saturated carbocycles. The van der Waals surface area contributed by atoms with E-state index in [4.69, 9.17) is 4.74 Å². The van der Waals surface area contributed by atoms with Crippen molar-refractivity contribution in [2.75, 3.05) is 26.3 Å². The Morgan fingerprint density at radius 2 is 1.96 bits per heavy atom. The third kappa shape index (κ3) is 3.06. The monoisotopic (exact) mass is 340 g/mol. The van der Waals surface area contributed by atoms with Gasteiger partial charge in [-0.2, -0.15) is 0 Å². The summed E-state index contributed by atoms with van der Waals surface area (Å²) in [5.41, 5.74) is 3.40. The van der Waals surface area contributed by atoms with Gasteiger partial charge >= 0.3 is 0 Å². The van der Waals surface area contributed by atoms with Gasteiger partial charge in [0.2, 0.25) is 5.91 Å². The Bertz CT molecular complexity index is 771. The topological polar surface area (TPSA) is 71.1 Å². The molecule has 1 amide bonds. The van der Waals surface area contributed by atoms with E-state index < -0.39 is 0 Å². The van der Waals surface area contributed by atoms with Crippen LogP contribution in [0, 0.1) is 0 Å². The molecule has 4 heterocycles. The molecule has 0 aromatic carbocycles. The zero-order valence-electron chi connectivity index (χ0n) is 14.4. The van der Waals surface area contributed by atoms with Gasteiger partial charge in [0.15, 0.2) is 0 Å². The number of aromatic amines is 1. The van der Waals surface area contributed by atoms with Gasteiger partial charge in [0.25, 0.3) is 0 Å². The molecule has 1 N–H and O–H groups in total. The number of hydrogen-bond acceptors (Lipinski definition) is 4. The lowest BCUT2D eigenvalue weighted by Gasteiger charge is -2.31. The summed E-state index contributed by atoms with van der Waals surface area (Å²) in [7, 11) is 0. The van der Waals surface area contributed by atoms with Crippen LogP contribution in [0.3, 0.4) is 0 Å². The number of H-pyrrole nitrogens is 1. The van der Waals surface area contributed by atoms with Crippen molar-refractivity contribution < 1.29 is 9.53 Å². The fourth-order valence-corrected chi connectivity index (χ4v) is 4.15. The number of piperidine rings is 1. The van der Waals surface area contributed by atoms with Gasteiger partial charge in [-0.05, 0) is 43.2 Å². The summed E-state index contributed by atoms with van der Waals surface area (Å²) in [5, 5.41) is 1.20. The molecule has 6 nitrogen and oxygen atoms in total. The second-order valence-corrected chi connectivity index (χ2v) is 6.92. The minimum Gasteiger partial charge on any atom is -0.381 e. The van der Waals surface area contributed by atoms with Crippen molar-refractivity contribution in [1.29, 1.82) is 0 Å². The van der Waals surface area contributed by atoms with Crippen LogP contribution in [-0.4, -0.2) is 52.1 Å². The minimum atomic E-state index is 0.0239. The molecule has 132 valence electrons. The second-order valence-electron chi connectivity index (χ2n) is 6.92. The normalized spacial score (nSPS) is 20.1. The Morgan fingerprint density at radius 1 is 1.20 bits per heavy atom. The van der Waals surface area contributed by atoms with E-state index in [1.54, 1.807) is 6.33 Å². The maximum absolute atomic E-state index is 11.8. The quantitative estimate of drug-likeness (QED) is 0.872. The molecule has 2 aliphatic heterocycles. The molecule has 0 radical (unpaired) electrons. The highest BCUT2D eigenvalue weighted by atomic mass is 16.5. The van der Waals surface area contributed by atoms with Crippen molar-refractivity contribution in [1.82, 2.24) is 19.9 Å². The van der Waals surface area contributed by atoms with Crippen LogP contribution in [0.1, 0.15) is 48.8 Å². The average Bonchev–Trinajstić information content (AvgIpc) is 3.12. The van der Waals surface area contributed by atoms with E-state index >= 15 is 0 Å². The molecular formula is C19H24N4O2. The molecule has 25 heavy (non-hydrogen) atoms. The van der Waals surface area contributed by atoms with Crippen molar-refractivity contribution in [3.05, 3.63) is 36.4 Å². The summed E-state index contributed by atoms with van der Waals surface area (Å²) >= 11 is 0. The fraction of sp³-hybridized carbons (Fsp3) is 0.526. The van der Waals surface area contributed by atoms with Crippen molar-refractivity contribution in [3.8, 4) is 0 Å². The first-order valence-corrected chi connectivity index (χ1v) is 9.09. The molecule has 6 heteroatoms. The van der Waals surface area contributed by atoms with Gasteiger partial charge in [-0.3, -0.25) is 4.79 Å². The van der Waals surface area contributed by atoms with Crippen LogP contribution in [0.4, 0.5) is 0 Å². The third-order valence-electron chi connectivity index (χ3n) is 5.56. The maximum atomic E-state index is 11.8. The predicted octanol–water partition coefficient (Wildman–Crippen LogP) is 2.74. The first kappa shape index (κ1) is 16.3. The standard InChI is InChI=1S/C19H24N4O2/c1-2-16(24)23-7-3-14(4-8-23)18-17-15(13-5-9-25-10-6-13)11-20-19(17)22-12-21-18/h2,11-14H,1,3-10H2,(H,20,21,22). The molecule has 0 aliphatic carbocycles. The molecule has 0 bridgehead atoms. The molecule has 0 spiro atoms. The van der Waals surface area contributed by atoms with E-state index in [-0.39, 0.29) is 5.91 Å². The number of nitrogens with zero attached hydrogens (tertiary/aromatic N) is 3. The van der Waals surface area contributed by atoms with Gasteiger partial charge in [-0.15, -0.1) is 0 Å². The number of hydrogen-bond donors (Lipinski definition) is 1.